The first-order valence-corrected chi connectivity index (χ1v) is 7.67. The highest BCUT2D eigenvalue weighted by Gasteiger charge is 2.12. The lowest BCUT2D eigenvalue weighted by Crippen LogP contribution is -2.10. The van der Waals surface area contributed by atoms with Crippen LogP contribution in [-0.4, -0.2) is 0 Å². The first kappa shape index (κ1) is 11.8. The monoisotopic (exact) mass is 365 g/mol. The molecule has 0 aliphatic heterocycles. The zero-order chi connectivity index (χ0) is 10.8. The molecule has 0 bridgehead atoms. The van der Waals surface area contributed by atoms with E-state index in [1.165, 1.54) is 9.75 Å². The van der Waals surface area contributed by atoms with Gasteiger partial charge in [-0.25, -0.2) is 0 Å². The van der Waals surface area contributed by atoms with Crippen molar-refractivity contribution in [1.82, 2.24) is 0 Å². The standard InChI is InChI=1S/C10H9Br2NS2/c11-7-5-9(15-10(7)12)8(13)4-6-2-1-3-14-6/h1-3,5,8H,4,13H2. The molecule has 2 rings (SSSR count). The Morgan fingerprint density at radius 1 is 1.40 bits per heavy atom. The van der Waals surface area contributed by atoms with Gasteiger partial charge in [0.15, 0.2) is 0 Å². The summed E-state index contributed by atoms with van der Waals surface area (Å²) in [7, 11) is 0. The fourth-order valence-corrected chi connectivity index (χ4v) is 4.15. The Morgan fingerprint density at radius 2 is 2.20 bits per heavy atom. The third kappa shape index (κ3) is 2.91. The third-order valence-corrected chi connectivity index (χ3v) is 6.32. The number of rotatable bonds is 3. The van der Waals surface area contributed by atoms with Crippen molar-refractivity contribution < 1.29 is 0 Å². The van der Waals surface area contributed by atoms with Crippen LogP contribution in [0.5, 0.6) is 0 Å². The summed E-state index contributed by atoms with van der Waals surface area (Å²) in [6.45, 7) is 0. The molecule has 2 N–H and O–H groups in total. The Kier molecular flexibility index (Phi) is 4.01. The first-order chi connectivity index (χ1) is 7.16. The van der Waals surface area contributed by atoms with Gasteiger partial charge >= 0.3 is 0 Å². The van der Waals surface area contributed by atoms with Gasteiger partial charge in [0.2, 0.25) is 0 Å². The zero-order valence-corrected chi connectivity index (χ0v) is 12.5. The molecule has 15 heavy (non-hydrogen) atoms. The van der Waals surface area contributed by atoms with E-state index in [2.05, 4.69) is 55.4 Å². The van der Waals surface area contributed by atoms with Crippen molar-refractivity contribution in [3.05, 3.63) is 41.6 Å². The molecule has 0 aromatic carbocycles. The molecule has 0 saturated heterocycles. The van der Waals surface area contributed by atoms with Gasteiger partial charge in [-0.15, -0.1) is 22.7 Å². The van der Waals surface area contributed by atoms with E-state index in [9.17, 15) is 0 Å². The molecule has 2 aromatic rings. The molecular weight excluding hydrogens is 358 g/mol. The van der Waals surface area contributed by atoms with Crippen molar-refractivity contribution in [3.63, 3.8) is 0 Å². The number of nitrogens with two attached hydrogens (primary N) is 1. The normalized spacial score (nSPS) is 13.0. The summed E-state index contributed by atoms with van der Waals surface area (Å²) < 4.78 is 2.20. The minimum Gasteiger partial charge on any atom is -0.323 e. The summed E-state index contributed by atoms with van der Waals surface area (Å²) in [4.78, 5) is 2.55. The highest BCUT2D eigenvalue weighted by molar-refractivity contribution is 9.13. The van der Waals surface area contributed by atoms with Crippen LogP contribution in [0.15, 0.2) is 31.8 Å². The van der Waals surface area contributed by atoms with Crippen molar-refractivity contribution in [2.24, 2.45) is 5.73 Å². The van der Waals surface area contributed by atoms with Gasteiger partial charge in [-0.1, -0.05) is 6.07 Å². The van der Waals surface area contributed by atoms with Crippen LogP contribution in [0.1, 0.15) is 15.8 Å². The molecule has 0 aliphatic rings. The van der Waals surface area contributed by atoms with Crippen LogP contribution in [0, 0.1) is 0 Å². The number of halogens is 2. The molecule has 5 heteroatoms. The average Bonchev–Trinajstić information content (AvgIpc) is 2.78. The molecule has 0 aliphatic carbocycles. The SMILES string of the molecule is NC(Cc1cccs1)c1cc(Br)c(Br)s1. The van der Waals surface area contributed by atoms with Gasteiger partial charge in [0.1, 0.15) is 0 Å². The van der Waals surface area contributed by atoms with Gasteiger partial charge in [0.05, 0.1) is 3.79 Å². The molecule has 0 spiro atoms. The molecule has 2 heterocycles. The van der Waals surface area contributed by atoms with Crippen LogP contribution in [0.2, 0.25) is 0 Å². The molecule has 0 fully saturated rings. The van der Waals surface area contributed by atoms with Crippen LogP contribution in [0.4, 0.5) is 0 Å². The van der Waals surface area contributed by atoms with Crippen LogP contribution >= 0.6 is 54.5 Å². The first-order valence-electron chi connectivity index (χ1n) is 4.39. The lowest BCUT2D eigenvalue weighted by atomic mass is 10.1. The van der Waals surface area contributed by atoms with Gasteiger partial charge in [-0.2, -0.15) is 0 Å². The van der Waals surface area contributed by atoms with Gasteiger partial charge < -0.3 is 5.73 Å². The van der Waals surface area contributed by atoms with Crippen molar-refractivity contribution in [2.45, 2.75) is 12.5 Å². The molecule has 0 amide bonds. The fourth-order valence-electron chi connectivity index (χ4n) is 1.29. The van der Waals surface area contributed by atoms with Crippen molar-refractivity contribution in [1.29, 1.82) is 0 Å². The minimum absolute atomic E-state index is 0.0938. The van der Waals surface area contributed by atoms with Crippen molar-refractivity contribution >= 4 is 54.5 Å². The third-order valence-electron chi connectivity index (χ3n) is 2.03. The maximum Gasteiger partial charge on any atom is 0.0843 e. The van der Waals surface area contributed by atoms with E-state index in [0.717, 1.165) is 14.7 Å². The van der Waals surface area contributed by atoms with E-state index >= 15 is 0 Å². The van der Waals surface area contributed by atoms with E-state index in [1.807, 2.05) is 0 Å². The summed E-state index contributed by atoms with van der Waals surface area (Å²) in [5.41, 5.74) is 6.14. The second kappa shape index (κ2) is 5.10. The molecule has 0 radical (unpaired) electrons. The van der Waals surface area contributed by atoms with E-state index in [4.69, 9.17) is 5.73 Å². The van der Waals surface area contributed by atoms with E-state index in [-0.39, 0.29) is 6.04 Å². The molecule has 0 saturated carbocycles. The smallest absolute Gasteiger partial charge is 0.0843 e. The molecule has 1 atom stereocenters. The Labute approximate surface area is 114 Å². The molecule has 80 valence electrons. The summed E-state index contributed by atoms with van der Waals surface area (Å²) >= 11 is 10.4. The van der Waals surface area contributed by atoms with Gasteiger partial charge in [-0.05, 0) is 49.4 Å². The van der Waals surface area contributed by atoms with Gasteiger partial charge in [-0.3, -0.25) is 0 Å². The number of hydrogen-bond donors (Lipinski definition) is 1. The van der Waals surface area contributed by atoms with Gasteiger partial charge in [0.25, 0.3) is 0 Å². The Balaban J connectivity index is 2.11. The average molecular weight is 367 g/mol. The second-order valence-electron chi connectivity index (χ2n) is 3.16. The predicted octanol–water partition coefficient (Wildman–Crippen LogP) is 4.58. The molecular formula is C10H9Br2NS2. The lowest BCUT2D eigenvalue weighted by molar-refractivity contribution is 0.745. The maximum absolute atomic E-state index is 6.14. The Morgan fingerprint density at radius 3 is 2.73 bits per heavy atom. The van der Waals surface area contributed by atoms with Crippen LogP contribution in [0.25, 0.3) is 0 Å². The molecule has 1 unspecified atom stereocenters. The van der Waals surface area contributed by atoms with Crippen LogP contribution in [-0.2, 0) is 6.42 Å². The zero-order valence-electron chi connectivity index (χ0n) is 7.74. The predicted molar refractivity (Wildman–Crippen MR) is 74.7 cm³/mol. The van der Waals surface area contributed by atoms with Crippen molar-refractivity contribution in [2.75, 3.05) is 0 Å². The maximum atomic E-state index is 6.14. The van der Waals surface area contributed by atoms with Crippen LogP contribution < -0.4 is 5.73 Å². The number of hydrogen-bond acceptors (Lipinski definition) is 3. The van der Waals surface area contributed by atoms with E-state index < -0.39 is 0 Å². The lowest BCUT2D eigenvalue weighted by Gasteiger charge is -2.06. The summed E-state index contributed by atoms with van der Waals surface area (Å²) in [5.74, 6) is 0. The van der Waals surface area contributed by atoms with E-state index in [1.54, 1.807) is 22.7 Å². The highest BCUT2D eigenvalue weighted by Crippen LogP contribution is 2.35. The molecule has 1 nitrogen and oxygen atoms in total. The van der Waals surface area contributed by atoms with E-state index in [0.29, 0.717) is 0 Å². The topological polar surface area (TPSA) is 26.0 Å². The van der Waals surface area contributed by atoms with Crippen LogP contribution in [0.3, 0.4) is 0 Å². The quantitative estimate of drug-likeness (QED) is 0.845. The minimum atomic E-state index is 0.0938. The largest absolute Gasteiger partial charge is 0.323 e. The van der Waals surface area contributed by atoms with Gasteiger partial charge in [0, 0.05) is 26.7 Å². The molecule has 2 aromatic heterocycles. The summed E-state index contributed by atoms with van der Waals surface area (Å²) in [6.07, 6.45) is 0.914. The second-order valence-corrected chi connectivity index (χ2v) is 7.45. The number of thiophene rings is 2. The summed E-state index contributed by atoms with van der Waals surface area (Å²) in [6, 6.07) is 6.37. The Bertz CT molecular complexity index is 417. The Hall–Kier alpha value is 0.320. The highest BCUT2D eigenvalue weighted by atomic mass is 79.9. The summed E-state index contributed by atoms with van der Waals surface area (Å²) in [5, 5.41) is 2.09. The fraction of sp³-hybridized carbons (Fsp3) is 0.200. The van der Waals surface area contributed by atoms with Crippen molar-refractivity contribution in [3.8, 4) is 0 Å².